The Morgan fingerprint density at radius 2 is 1.56 bits per heavy atom. The quantitative estimate of drug-likeness (QED) is 0.875. The summed E-state index contributed by atoms with van der Waals surface area (Å²) in [5.41, 5.74) is 5.54. The number of pyridine rings is 1. The largest absolute Gasteiger partial charge is 0.255 e. The Balaban J connectivity index is 1.77. The summed E-state index contributed by atoms with van der Waals surface area (Å²) >= 11 is 0. The van der Waals surface area contributed by atoms with Crippen molar-refractivity contribution in [3.8, 4) is 6.07 Å². The molecule has 1 aromatic heterocycles. The number of allylic oxidation sites excluding steroid dienone is 2. The maximum atomic E-state index is 11.5. The lowest BCUT2D eigenvalue weighted by molar-refractivity contribution is 0.330. The molecule has 0 bridgehead atoms. The first-order chi connectivity index (χ1) is 12.9. The lowest BCUT2D eigenvalue weighted by Gasteiger charge is -2.23. The van der Waals surface area contributed by atoms with Crippen molar-refractivity contribution < 1.29 is 8.42 Å². The second kappa shape index (κ2) is 6.59. The van der Waals surface area contributed by atoms with Gasteiger partial charge in [0.15, 0.2) is 5.03 Å². The maximum Gasteiger partial charge on any atom is 0.255 e. The predicted molar refractivity (Wildman–Crippen MR) is 104 cm³/mol. The number of hydrogen-bond acceptors (Lipinski definition) is 4. The maximum absolute atomic E-state index is 11.5. The molecular formula is C21H21N3O2S. The highest BCUT2D eigenvalue weighted by Crippen LogP contribution is 2.57. The Hall–Kier alpha value is -2.49. The normalized spacial score (nSPS) is 18.8. The Morgan fingerprint density at radius 1 is 0.963 bits per heavy atom. The molecule has 0 amide bonds. The molecule has 6 heteroatoms. The van der Waals surface area contributed by atoms with Crippen LogP contribution in [-0.2, 0) is 10.0 Å². The zero-order valence-electron chi connectivity index (χ0n) is 15.0. The fourth-order valence-corrected chi connectivity index (χ4v) is 4.99. The van der Waals surface area contributed by atoms with Crippen LogP contribution in [0.3, 0.4) is 0 Å². The van der Waals surface area contributed by atoms with Gasteiger partial charge in [-0.3, -0.25) is 0 Å². The third-order valence-electron chi connectivity index (χ3n) is 5.87. The fraction of sp³-hybridized carbons (Fsp3) is 0.333. The van der Waals surface area contributed by atoms with Gasteiger partial charge in [0.05, 0.1) is 11.6 Å². The van der Waals surface area contributed by atoms with Crippen LogP contribution in [0.25, 0.3) is 11.1 Å². The van der Waals surface area contributed by atoms with Gasteiger partial charge in [0.1, 0.15) is 0 Å². The van der Waals surface area contributed by atoms with Crippen molar-refractivity contribution in [3.63, 3.8) is 0 Å². The number of nitriles is 1. The van der Waals surface area contributed by atoms with E-state index in [1.54, 1.807) is 12.3 Å². The summed E-state index contributed by atoms with van der Waals surface area (Å²) in [6, 6.07) is 13.2. The van der Waals surface area contributed by atoms with Crippen molar-refractivity contribution in [2.24, 2.45) is 10.6 Å². The summed E-state index contributed by atoms with van der Waals surface area (Å²) in [6.45, 7) is 0. The van der Waals surface area contributed by atoms with E-state index in [-0.39, 0.29) is 5.03 Å². The number of hydrogen-bond donors (Lipinski definition) is 1. The van der Waals surface area contributed by atoms with Crippen LogP contribution in [0.2, 0.25) is 0 Å². The second-order valence-corrected chi connectivity index (χ2v) is 9.15. The van der Waals surface area contributed by atoms with E-state index >= 15 is 0 Å². The number of sulfonamides is 1. The van der Waals surface area contributed by atoms with Crippen molar-refractivity contribution in [2.45, 2.75) is 43.6 Å². The molecule has 5 nitrogen and oxygen atoms in total. The third-order valence-corrected chi connectivity index (χ3v) is 6.70. The van der Waals surface area contributed by atoms with E-state index in [2.05, 4.69) is 11.1 Å². The van der Waals surface area contributed by atoms with Gasteiger partial charge >= 0.3 is 0 Å². The number of primary sulfonamides is 1. The highest BCUT2D eigenvalue weighted by atomic mass is 32.2. The van der Waals surface area contributed by atoms with Gasteiger partial charge in [-0.2, -0.15) is 5.26 Å². The predicted octanol–water partition coefficient (Wildman–Crippen LogP) is 3.87. The van der Waals surface area contributed by atoms with E-state index in [0.29, 0.717) is 11.0 Å². The molecule has 138 valence electrons. The number of nitrogens with zero attached hydrogens (tertiary/aromatic N) is 2. The molecule has 0 saturated heterocycles. The van der Waals surface area contributed by atoms with Gasteiger partial charge in [0, 0.05) is 6.20 Å². The lowest BCUT2D eigenvalue weighted by atomic mass is 9.81. The molecule has 1 fully saturated rings. The van der Waals surface area contributed by atoms with Gasteiger partial charge in [-0.15, -0.1) is 0 Å². The molecule has 0 unspecified atom stereocenters. The second-order valence-electron chi connectivity index (χ2n) is 7.64. The van der Waals surface area contributed by atoms with E-state index < -0.39 is 10.0 Å². The lowest BCUT2D eigenvalue weighted by Crippen LogP contribution is -2.14. The molecule has 27 heavy (non-hydrogen) atoms. The van der Waals surface area contributed by atoms with Gasteiger partial charge in [-0.25, -0.2) is 18.5 Å². The first kappa shape index (κ1) is 17.9. The standard InChI is InChI=1S/C21H21N3O2S/c22-13-15-3-5-16(6-4-15)18-11-21(9-1-2-10-21)12-19(18)17-7-8-20(24-14-17)27(23,25)26/h3-8,14H,1-2,9-12H2,(H2,23,25,26). The van der Waals surface area contributed by atoms with Crippen LogP contribution >= 0.6 is 0 Å². The number of aromatic nitrogens is 1. The van der Waals surface area contributed by atoms with Crippen molar-refractivity contribution in [3.05, 3.63) is 59.3 Å². The molecule has 2 aliphatic carbocycles. The van der Waals surface area contributed by atoms with Crippen LogP contribution in [0.5, 0.6) is 0 Å². The van der Waals surface area contributed by atoms with Gasteiger partial charge in [0.25, 0.3) is 10.0 Å². The summed E-state index contributed by atoms with van der Waals surface area (Å²) in [4.78, 5) is 4.07. The highest BCUT2D eigenvalue weighted by molar-refractivity contribution is 7.89. The van der Waals surface area contributed by atoms with Gasteiger partial charge in [-0.1, -0.05) is 31.0 Å². The molecule has 1 aromatic carbocycles. The topological polar surface area (TPSA) is 96.8 Å². The highest BCUT2D eigenvalue weighted by Gasteiger charge is 2.41. The summed E-state index contributed by atoms with van der Waals surface area (Å²) < 4.78 is 23.0. The number of benzene rings is 1. The average molecular weight is 379 g/mol. The minimum absolute atomic E-state index is 0.111. The van der Waals surface area contributed by atoms with E-state index in [0.717, 1.165) is 24.0 Å². The van der Waals surface area contributed by atoms with Crippen molar-refractivity contribution in [2.75, 3.05) is 0 Å². The molecule has 2 aliphatic rings. The molecule has 0 aliphatic heterocycles. The smallest absolute Gasteiger partial charge is 0.243 e. The number of nitrogens with two attached hydrogens (primary N) is 1. The fourth-order valence-electron chi connectivity index (χ4n) is 4.53. The average Bonchev–Trinajstić information content (AvgIpc) is 3.28. The zero-order chi connectivity index (χ0) is 19.1. The summed E-state index contributed by atoms with van der Waals surface area (Å²) in [5.74, 6) is 0. The van der Waals surface area contributed by atoms with E-state index in [4.69, 9.17) is 10.4 Å². The molecular weight excluding hydrogens is 358 g/mol. The molecule has 1 saturated carbocycles. The first-order valence-corrected chi connectivity index (χ1v) is 10.7. The SMILES string of the molecule is N#Cc1ccc(C2=C(c3ccc(S(N)(=O)=O)nc3)CC3(CCCC3)C2)cc1. The monoisotopic (exact) mass is 379 g/mol. The molecule has 2 aromatic rings. The van der Waals surface area contributed by atoms with Crippen LogP contribution in [-0.4, -0.2) is 13.4 Å². The van der Waals surface area contributed by atoms with Crippen LogP contribution in [0, 0.1) is 16.7 Å². The van der Waals surface area contributed by atoms with Crippen molar-refractivity contribution in [1.82, 2.24) is 4.98 Å². The van der Waals surface area contributed by atoms with E-state index in [9.17, 15) is 8.42 Å². The van der Waals surface area contributed by atoms with Gasteiger partial charge in [0.2, 0.25) is 0 Å². The zero-order valence-corrected chi connectivity index (χ0v) is 15.8. The minimum Gasteiger partial charge on any atom is -0.243 e. The van der Waals surface area contributed by atoms with Gasteiger partial charge in [-0.05, 0) is 71.6 Å². The molecule has 0 radical (unpaired) electrons. The van der Waals surface area contributed by atoms with Crippen LogP contribution < -0.4 is 5.14 Å². The molecule has 4 rings (SSSR count). The Kier molecular flexibility index (Phi) is 4.37. The van der Waals surface area contributed by atoms with Crippen LogP contribution in [0.15, 0.2) is 47.6 Å². The van der Waals surface area contributed by atoms with E-state index in [1.165, 1.54) is 42.9 Å². The summed E-state index contributed by atoms with van der Waals surface area (Å²) in [7, 11) is -3.80. The summed E-state index contributed by atoms with van der Waals surface area (Å²) in [6.07, 6.45) is 8.58. The van der Waals surface area contributed by atoms with Gasteiger partial charge < -0.3 is 0 Å². The first-order valence-electron chi connectivity index (χ1n) is 9.12. The third kappa shape index (κ3) is 3.41. The molecule has 1 spiro atoms. The molecule has 1 heterocycles. The van der Waals surface area contributed by atoms with Crippen molar-refractivity contribution >= 4 is 21.2 Å². The molecule has 0 atom stereocenters. The Labute approximate surface area is 159 Å². The molecule has 2 N–H and O–H groups in total. The summed E-state index contributed by atoms with van der Waals surface area (Å²) in [5, 5.41) is 14.1. The van der Waals surface area contributed by atoms with Crippen LogP contribution in [0.4, 0.5) is 0 Å². The van der Waals surface area contributed by atoms with E-state index in [1.807, 2.05) is 24.3 Å². The Bertz CT molecular complexity index is 1040. The van der Waals surface area contributed by atoms with Crippen molar-refractivity contribution in [1.29, 1.82) is 5.26 Å². The van der Waals surface area contributed by atoms with Crippen LogP contribution in [0.1, 0.15) is 55.2 Å². The Morgan fingerprint density at radius 3 is 2.07 bits per heavy atom. The minimum atomic E-state index is -3.80. The number of rotatable bonds is 3.